The number of urea groups is 1. The zero-order valence-electron chi connectivity index (χ0n) is 13.6. The second-order valence-corrected chi connectivity index (χ2v) is 6.57. The van der Waals surface area contributed by atoms with Crippen LogP contribution in [0.15, 0.2) is 10.6 Å². The number of carbonyl (C=O) groups excluding carboxylic acids is 1. The SMILES string of the molecule is CC(C)CCNC(=O)N1CCC[C@H]1c1cc(C(C)C)on1. The predicted octanol–water partition coefficient (Wildman–Crippen LogP) is 3.69. The first-order chi connectivity index (χ1) is 9.99. The molecule has 2 heterocycles. The van der Waals surface area contributed by atoms with Crippen LogP contribution in [-0.4, -0.2) is 29.2 Å². The Bertz CT molecular complexity index is 468. The molecule has 1 N–H and O–H groups in total. The van der Waals surface area contributed by atoms with Gasteiger partial charge in [0.15, 0.2) is 0 Å². The molecule has 2 rings (SSSR count). The lowest BCUT2D eigenvalue weighted by atomic mass is 10.1. The molecule has 5 heteroatoms. The molecule has 0 saturated carbocycles. The Morgan fingerprint density at radius 1 is 1.48 bits per heavy atom. The molecule has 0 spiro atoms. The van der Waals surface area contributed by atoms with E-state index < -0.39 is 0 Å². The van der Waals surface area contributed by atoms with Crippen LogP contribution >= 0.6 is 0 Å². The van der Waals surface area contributed by atoms with Crippen molar-refractivity contribution in [2.75, 3.05) is 13.1 Å². The third-order valence-electron chi connectivity index (χ3n) is 3.97. The summed E-state index contributed by atoms with van der Waals surface area (Å²) in [5.41, 5.74) is 0.884. The zero-order chi connectivity index (χ0) is 15.4. The maximum absolute atomic E-state index is 12.3. The Balaban J connectivity index is 1.97. The van der Waals surface area contributed by atoms with Gasteiger partial charge in [0.25, 0.3) is 0 Å². The van der Waals surface area contributed by atoms with Gasteiger partial charge in [-0.15, -0.1) is 0 Å². The molecule has 0 bridgehead atoms. The van der Waals surface area contributed by atoms with Crippen LogP contribution in [0.2, 0.25) is 0 Å². The molecule has 1 aromatic heterocycles. The first kappa shape index (κ1) is 15.9. The Hall–Kier alpha value is -1.52. The number of rotatable bonds is 5. The summed E-state index contributed by atoms with van der Waals surface area (Å²) in [4.78, 5) is 14.2. The Morgan fingerprint density at radius 3 is 2.86 bits per heavy atom. The Kier molecular flexibility index (Phi) is 5.26. The van der Waals surface area contributed by atoms with Gasteiger partial charge in [0.1, 0.15) is 11.5 Å². The minimum absolute atomic E-state index is 0.0206. The van der Waals surface area contributed by atoms with E-state index in [1.165, 1.54) is 0 Å². The Morgan fingerprint density at radius 2 is 2.24 bits per heavy atom. The van der Waals surface area contributed by atoms with Gasteiger partial charge in [-0.2, -0.15) is 0 Å². The number of likely N-dealkylation sites (tertiary alicyclic amines) is 1. The number of hydrogen-bond acceptors (Lipinski definition) is 3. The van der Waals surface area contributed by atoms with Gasteiger partial charge in [-0.25, -0.2) is 4.79 Å². The molecule has 0 aliphatic carbocycles. The number of amides is 2. The van der Waals surface area contributed by atoms with Gasteiger partial charge in [-0.3, -0.25) is 0 Å². The van der Waals surface area contributed by atoms with Crippen LogP contribution in [0.3, 0.4) is 0 Å². The molecule has 1 aliphatic rings. The Labute approximate surface area is 127 Å². The molecule has 5 nitrogen and oxygen atoms in total. The summed E-state index contributed by atoms with van der Waals surface area (Å²) in [5.74, 6) is 1.81. The average Bonchev–Trinajstić information content (AvgIpc) is 3.06. The second kappa shape index (κ2) is 6.96. The van der Waals surface area contributed by atoms with E-state index in [9.17, 15) is 4.79 Å². The quantitative estimate of drug-likeness (QED) is 0.900. The highest BCUT2D eigenvalue weighted by atomic mass is 16.5. The van der Waals surface area contributed by atoms with Crippen LogP contribution in [0, 0.1) is 5.92 Å². The lowest BCUT2D eigenvalue weighted by Gasteiger charge is -2.23. The first-order valence-electron chi connectivity index (χ1n) is 8.00. The smallest absolute Gasteiger partial charge is 0.317 e. The fourth-order valence-corrected chi connectivity index (χ4v) is 2.62. The molecule has 1 atom stereocenters. The number of nitrogens with zero attached hydrogens (tertiary/aromatic N) is 2. The van der Waals surface area contributed by atoms with E-state index in [2.05, 4.69) is 38.2 Å². The summed E-state index contributed by atoms with van der Waals surface area (Å²) in [7, 11) is 0. The third-order valence-corrected chi connectivity index (χ3v) is 3.97. The molecule has 2 amide bonds. The van der Waals surface area contributed by atoms with E-state index in [-0.39, 0.29) is 12.1 Å². The standard InChI is InChI=1S/C16H27N3O2/c1-11(2)7-8-17-16(20)19-9-5-6-14(19)13-10-15(12(3)4)21-18-13/h10-12,14H,5-9H2,1-4H3,(H,17,20)/t14-/m0/s1. The van der Waals surface area contributed by atoms with E-state index in [4.69, 9.17) is 4.52 Å². The van der Waals surface area contributed by atoms with Gasteiger partial charge >= 0.3 is 6.03 Å². The van der Waals surface area contributed by atoms with Gasteiger partial charge in [0.2, 0.25) is 0 Å². The fourth-order valence-electron chi connectivity index (χ4n) is 2.62. The fraction of sp³-hybridized carbons (Fsp3) is 0.750. The van der Waals surface area contributed by atoms with Crippen LogP contribution in [0.1, 0.15) is 70.4 Å². The van der Waals surface area contributed by atoms with E-state index in [0.717, 1.165) is 43.8 Å². The zero-order valence-corrected chi connectivity index (χ0v) is 13.6. The highest BCUT2D eigenvalue weighted by Crippen LogP contribution is 2.32. The highest BCUT2D eigenvalue weighted by molar-refractivity contribution is 5.75. The van der Waals surface area contributed by atoms with E-state index in [0.29, 0.717) is 11.8 Å². The predicted molar refractivity (Wildman–Crippen MR) is 82.1 cm³/mol. The van der Waals surface area contributed by atoms with Crippen molar-refractivity contribution in [1.29, 1.82) is 0 Å². The summed E-state index contributed by atoms with van der Waals surface area (Å²) in [6.45, 7) is 10.0. The minimum atomic E-state index is 0.0206. The molecule has 1 fully saturated rings. The largest absolute Gasteiger partial charge is 0.361 e. The number of nitrogens with one attached hydrogen (secondary N) is 1. The van der Waals surface area contributed by atoms with E-state index in [1.54, 1.807) is 0 Å². The topological polar surface area (TPSA) is 58.4 Å². The van der Waals surface area contributed by atoms with Gasteiger partial charge in [-0.05, 0) is 25.2 Å². The highest BCUT2D eigenvalue weighted by Gasteiger charge is 2.32. The van der Waals surface area contributed by atoms with Crippen LogP contribution in [0.5, 0.6) is 0 Å². The maximum atomic E-state index is 12.3. The molecule has 0 unspecified atom stereocenters. The second-order valence-electron chi connectivity index (χ2n) is 6.57. The minimum Gasteiger partial charge on any atom is -0.361 e. The van der Waals surface area contributed by atoms with Crippen molar-refractivity contribution < 1.29 is 9.32 Å². The summed E-state index contributed by atoms with van der Waals surface area (Å²) in [6, 6.07) is 2.07. The normalized spacial score (nSPS) is 18.8. The van der Waals surface area contributed by atoms with Crippen molar-refractivity contribution in [2.45, 2.75) is 58.9 Å². The molecule has 0 aromatic carbocycles. The van der Waals surface area contributed by atoms with Crippen LogP contribution in [-0.2, 0) is 0 Å². The third kappa shape index (κ3) is 3.99. The molecular weight excluding hydrogens is 266 g/mol. The number of hydrogen-bond donors (Lipinski definition) is 1. The van der Waals surface area contributed by atoms with E-state index >= 15 is 0 Å². The summed E-state index contributed by atoms with van der Waals surface area (Å²) in [6.07, 6.45) is 2.99. The molecule has 1 aromatic rings. The summed E-state index contributed by atoms with van der Waals surface area (Å²) in [5, 5.41) is 7.18. The van der Waals surface area contributed by atoms with Gasteiger partial charge < -0.3 is 14.7 Å². The number of aromatic nitrogens is 1. The van der Waals surface area contributed by atoms with Crippen molar-refractivity contribution in [3.8, 4) is 0 Å². The monoisotopic (exact) mass is 293 g/mol. The van der Waals surface area contributed by atoms with Gasteiger partial charge in [0.05, 0.1) is 6.04 Å². The van der Waals surface area contributed by atoms with Crippen molar-refractivity contribution >= 4 is 6.03 Å². The van der Waals surface area contributed by atoms with Gasteiger partial charge in [-0.1, -0.05) is 32.9 Å². The first-order valence-corrected chi connectivity index (χ1v) is 8.00. The van der Waals surface area contributed by atoms with Crippen LogP contribution in [0.25, 0.3) is 0 Å². The van der Waals surface area contributed by atoms with Crippen molar-refractivity contribution in [1.82, 2.24) is 15.4 Å². The van der Waals surface area contributed by atoms with E-state index in [1.807, 2.05) is 11.0 Å². The van der Waals surface area contributed by atoms with Crippen LogP contribution in [0.4, 0.5) is 4.79 Å². The lowest BCUT2D eigenvalue weighted by molar-refractivity contribution is 0.190. The molecule has 1 saturated heterocycles. The molecular formula is C16H27N3O2. The summed E-state index contributed by atoms with van der Waals surface area (Å²) < 4.78 is 5.37. The van der Waals surface area contributed by atoms with Crippen molar-refractivity contribution in [3.05, 3.63) is 17.5 Å². The lowest BCUT2D eigenvalue weighted by Crippen LogP contribution is -2.40. The van der Waals surface area contributed by atoms with Gasteiger partial charge in [0, 0.05) is 25.1 Å². The van der Waals surface area contributed by atoms with Crippen molar-refractivity contribution in [3.63, 3.8) is 0 Å². The molecule has 1 aliphatic heterocycles. The molecule has 118 valence electrons. The average molecular weight is 293 g/mol. The van der Waals surface area contributed by atoms with Crippen molar-refractivity contribution in [2.24, 2.45) is 5.92 Å². The maximum Gasteiger partial charge on any atom is 0.317 e. The van der Waals surface area contributed by atoms with Crippen LogP contribution < -0.4 is 5.32 Å². The molecule has 21 heavy (non-hydrogen) atoms. The number of carbonyl (C=O) groups is 1. The summed E-state index contributed by atoms with van der Waals surface area (Å²) >= 11 is 0. The molecule has 0 radical (unpaired) electrons.